The van der Waals surface area contributed by atoms with Crippen LogP contribution in [0, 0.1) is 10.1 Å². The van der Waals surface area contributed by atoms with Crippen LogP contribution >= 0.6 is 11.8 Å². The predicted molar refractivity (Wildman–Crippen MR) is 84.0 cm³/mol. The third-order valence-corrected chi connectivity index (χ3v) is 5.76. The molecule has 3 rings (SSSR count). The van der Waals surface area contributed by atoms with Gasteiger partial charge in [0.25, 0.3) is 5.69 Å². The maximum absolute atomic E-state index is 11.4. The lowest BCUT2D eigenvalue weighted by Crippen LogP contribution is -2.40. The van der Waals surface area contributed by atoms with E-state index < -0.39 is 4.92 Å². The Morgan fingerprint density at radius 3 is 2.81 bits per heavy atom. The molecule has 1 aromatic rings. The summed E-state index contributed by atoms with van der Waals surface area (Å²) >= 11 is 1.82. The number of amides is 1. The molecule has 6 nitrogen and oxygen atoms in total. The molecule has 1 amide bonds. The van der Waals surface area contributed by atoms with Gasteiger partial charge in [-0.1, -0.05) is 6.42 Å². The Kier molecular flexibility index (Phi) is 3.52. The van der Waals surface area contributed by atoms with Crippen LogP contribution in [0.3, 0.4) is 0 Å². The lowest BCUT2D eigenvalue weighted by atomic mass is 9.84. The van der Waals surface area contributed by atoms with Crippen molar-refractivity contribution < 1.29 is 9.72 Å². The first kappa shape index (κ1) is 14.2. The summed E-state index contributed by atoms with van der Waals surface area (Å²) in [5.41, 5.74) is 1.91. The standard InChI is InChI=1S/C14H17N3O3S/c1-21-14(3-2-4-14)8-15-11-7-10-9(6-13(18)16-10)5-12(11)17(19)20/h5,7,15H,2-4,6,8H2,1H3,(H,16,18). The molecule has 112 valence electrons. The highest BCUT2D eigenvalue weighted by molar-refractivity contribution is 8.00. The third-order valence-electron chi connectivity index (χ3n) is 4.34. The smallest absolute Gasteiger partial charge is 0.292 e. The van der Waals surface area contributed by atoms with E-state index in [2.05, 4.69) is 16.9 Å². The number of nitro groups is 1. The molecule has 1 heterocycles. The molecule has 1 aliphatic carbocycles. The number of hydrogen-bond donors (Lipinski definition) is 2. The number of nitrogens with zero attached hydrogens (tertiary/aromatic N) is 1. The summed E-state index contributed by atoms with van der Waals surface area (Å²) in [4.78, 5) is 22.3. The van der Waals surface area contributed by atoms with Gasteiger partial charge in [-0.2, -0.15) is 11.8 Å². The van der Waals surface area contributed by atoms with Crippen molar-refractivity contribution in [2.75, 3.05) is 23.4 Å². The van der Waals surface area contributed by atoms with Crippen molar-refractivity contribution in [1.29, 1.82) is 0 Å². The number of carbonyl (C=O) groups is 1. The van der Waals surface area contributed by atoms with E-state index in [1.165, 1.54) is 12.5 Å². The van der Waals surface area contributed by atoms with Crippen LogP contribution in [0.5, 0.6) is 0 Å². The highest BCUT2D eigenvalue weighted by Gasteiger charge is 2.36. The van der Waals surface area contributed by atoms with Gasteiger partial charge in [0, 0.05) is 23.0 Å². The second kappa shape index (κ2) is 5.22. The summed E-state index contributed by atoms with van der Waals surface area (Å²) in [5.74, 6) is -0.115. The van der Waals surface area contributed by atoms with Gasteiger partial charge in [0.05, 0.1) is 11.3 Å². The maximum atomic E-state index is 11.4. The zero-order chi connectivity index (χ0) is 15.0. The zero-order valence-corrected chi connectivity index (χ0v) is 12.6. The van der Waals surface area contributed by atoms with Gasteiger partial charge in [-0.25, -0.2) is 0 Å². The molecular weight excluding hydrogens is 290 g/mol. The van der Waals surface area contributed by atoms with Gasteiger partial charge in [0.15, 0.2) is 0 Å². The molecule has 1 saturated carbocycles. The van der Waals surface area contributed by atoms with Crippen molar-refractivity contribution in [3.8, 4) is 0 Å². The first-order chi connectivity index (χ1) is 10.0. The summed E-state index contributed by atoms with van der Waals surface area (Å²) < 4.78 is 0.191. The fourth-order valence-corrected chi connectivity index (χ4v) is 3.75. The van der Waals surface area contributed by atoms with E-state index in [9.17, 15) is 14.9 Å². The Morgan fingerprint density at radius 2 is 2.24 bits per heavy atom. The number of carbonyl (C=O) groups excluding carboxylic acids is 1. The lowest BCUT2D eigenvalue weighted by Gasteiger charge is -2.40. The SMILES string of the molecule is CSC1(CNc2cc3c(cc2[N+](=O)[O-])CC(=O)N3)CCC1. The van der Waals surface area contributed by atoms with Crippen LogP contribution in [0.15, 0.2) is 12.1 Å². The minimum atomic E-state index is -0.391. The summed E-state index contributed by atoms with van der Waals surface area (Å²) in [6.07, 6.45) is 5.78. The Bertz CT molecular complexity index is 608. The highest BCUT2D eigenvalue weighted by atomic mass is 32.2. The number of rotatable bonds is 5. The van der Waals surface area contributed by atoms with Crippen LogP contribution in [-0.2, 0) is 11.2 Å². The van der Waals surface area contributed by atoms with E-state index in [4.69, 9.17) is 0 Å². The number of hydrogen-bond acceptors (Lipinski definition) is 5. The number of benzene rings is 1. The van der Waals surface area contributed by atoms with Crippen molar-refractivity contribution in [1.82, 2.24) is 0 Å². The van der Waals surface area contributed by atoms with Gasteiger partial charge in [-0.05, 0) is 30.7 Å². The Balaban J connectivity index is 1.85. The highest BCUT2D eigenvalue weighted by Crippen LogP contribution is 2.43. The summed E-state index contributed by atoms with van der Waals surface area (Å²) in [7, 11) is 0. The molecule has 0 radical (unpaired) electrons. The van der Waals surface area contributed by atoms with Crippen LogP contribution in [0.25, 0.3) is 0 Å². The number of thioether (sulfide) groups is 1. The Morgan fingerprint density at radius 1 is 1.48 bits per heavy atom. The van der Waals surface area contributed by atoms with Crippen LogP contribution in [0.1, 0.15) is 24.8 Å². The first-order valence-corrected chi connectivity index (χ1v) is 8.16. The molecule has 21 heavy (non-hydrogen) atoms. The topological polar surface area (TPSA) is 84.3 Å². The second-order valence-corrected chi connectivity index (χ2v) is 6.88. The van der Waals surface area contributed by atoms with E-state index in [1.807, 2.05) is 11.8 Å². The summed E-state index contributed by atoms with van der Waals surface area (Å²) in [5, 5.41) is 17.2. The normalized spacial score (nSPS) is 18.6. The average Bonchev–Trinajstić information content (AvgIpc) is 2.76. The van der Waals surface area contributed by atoms with E-state index in [0.29, 0.717) is 23.5 Å². The van der Waals surface area contributed by atoms with E-state index in [-0.39, 0.29) is 22.8 Å². The number of nitro benzene ring substituents is 1. The Labute approximate surface area is 126 Å². The summed E-state index contributed by atoms with van der Waals surface area (Å²) in [6, 6.07) is 3.19. The van der Waals surface area contributed by atoms with Gasteiger partial charge < -0.3 is 10.6 Å². The molecule has 0 atom stereocenters. The fraction of sp³-hybridized carbons (Fsp3) is 0.500. The van der Waals surface area contributed by atoms with Crippen LogP contribution in [0.2, 0.25) is 0 Å². The molecule has 0 saturated heterocycles. The quantitative estimate of drug-likeness (QED) is 0.645. The molecule has 0 aromatic heterocycles. The molecule has 0 bridgehead atoms. The van der Waals surface area contributed by atoms with E-state index in [0.717, 1.165) is 12.8 Å². The first-order valence-electron chi connectivity index (χ1n) is 6.93. The van der Waals surface area contributed by atoms with Crippen molar-refractivity contribution in [3.63, 3.8) is 0 Å². The molecule has 2 N–H and O–H groups in total. The van der Waals surface area contributed by atoms with Crippen LogP contribution in [-0.4, -0.2) is 28.4 Å². The number of fused-ring (bicyclic) bond motifs is 1. The molecular formula is C14H17N3O3S. The van der Waals surface area contributed by atoms with Gasteiger partial charge in [0.1, 0.15) is 5.69 Å². The largest absolute Gasteiger partial charge is 0.378 e. The lowest BCUT2D eigenvalue weighted by molar-refractivity contribution is -0.384. The van der Waals surface area contributed by atoms with Crippen molar-refractivity contribution in [2.45, 2.75) is 30.4 Å². The maximum Gasteiger partial charge on any atom is 0.292 e. The van der Waals surface area contributed by atoms with E-state index in [1.54, 1.807) is 6.07 Å². The molecule has 1 aromatic carbocycles. The zero-order valence-electron chi connectivity index (χ0n) is 11.8. The van der Waals surface area contributed by atoms with Gasteiger partial charge >= 0.3 is 0 Å². The van der Waals surface area contributed by atoms with Crippen LogP contribution < -0.4 is 10.6 Å². The van der Waals surface area contributed by atoms with Crippen molar-refractivity contribution >= 4 is 34.7 Å². The fourth-order valence-electron chi connectivity index (χ4n) is 2.83. The van der Waals surface area contributed by atoms with Crippen molar-refractivity contribution in [2.24, 2.45) is 0 Å². The monoisotopic (exact) mass is 307 g/mol. The number of anilines is 2. The minimum absolute atomic E-state index is 0.0424. The summed E-state index contributed by atoms with van der Waals surface area (Å²) in [6.45, 7) is 0.710. The average molecular weight is 307 g/mol. The predicted octanol–water partition coefficient (Wildman–Crippen LogP) is 2.79. The van der Waals surface area contributed by atoms with Crippen LogP contribution in [0.4, 0.5) is 17.1 Å². The van der Waals surface area contributed by atoms with Gasteiger partial charge in [0.2, 0.25) is 5.91 Å². The van der Waals surface area contributed by atoms with Gasteiger partial charge in [-0.15, -0.1) is 0 Å². The van der Waals surface area contributed by atoms with E-state index >= 15 is 0 Å². The van der Waals surface area contributed by atoms with Crippen molar-refractivity contribution in [3.05, 3.63) is 27.8 Å². The molecule has 2 aliphatic rings. The molecule has 0 spiro atoms. The number of nitrogens with one attached hydrogen (secondary N) is 2. The van der Waals surface area contributed by atoms with Gasteiger partial charge in [-0.3, -0.25) is 14.9 Å². The molecule has 1 aliphatic heterocycles. The molecule has 7 heteroatoms. The minimum Gasteiger partial charge on any atom is -0.378 e. The third kappa shape index (κ3) is 2.57. The molecule has 0 unspecified atom stereocenters. The molecule has 1 fully saturated rings. The second-order valence-electron chi connectivity index (χ2n) is 5.60. The Hall–Kier alpha value is -1.76.